The number of rotatable bonds is 4. The maximum absolute atomic E-state index is 13.7. The fourth-order valence-corrected chi connectivity index (χ4v) is 2.08. The second-order valence-electron chi connectivity index (χ2n) is 4.17. The molecule has 2 aromatic carbocycles. The Morgan fingerprint density at radius 3 is 2.25 bits per heavy atom. The van der Waals surface area contributed by atoms with Gasteiger partial charge in [0.25, 0.3) is 0 Å². The van der Waals surface area contributed by atoms with Crippen LogP contribution >= 0.6 is 15.9 Å². The topological polar surface area (TPSA) is 12.0 Å². The molecular weight excluding hydrogens is 338 g/mol. The first-order chi connectivity index (χ1) is 9.49. The van der Waals surface area contributed by atoms with Gasteiger partial charge < -0.3 is 5.32 Å². The van der Waals surface area contributed by atoms with Crippen LogP contribution in [-0.4, -0.2) is 0 Å². The third-order valence-corrected chi connectivity index (χ3v) is 3.37. The quantitative estimate of drug-likeness (QED) is 0.642. The van der Waals surface area contributed by atoms with Gasteiger partial charge in [-0.3, -0.25) is 0 Å². The molecule has 6 heteroatoms. The highest BCUT2D eigenvalue weighted by Gasteiger charge is 2.11. The summed E-state index contributed by atoms with van der Waals surface area (Å²) in [5, 5.41) is 2.78. The van der Waals surface area contributed by atoms with Crippen LogP contribution in [0.15, 0.2) is 34.8 Å². The lowest BCUT2D eigenvalue weighted by Gasteiger charge is -2.08. The van der Waals surface area contributed by atoms with Gasteiger partial charge in [-0.15, -0.1) is 0 Å². The lowest BCUT2D eigenvalue weighted by Crippen LogP contribution is -2.15. The van der Waals surface area contributed by atoms with E-state index in [-0.39, 0.29) is 23.1 Å². The summed E-state index contributed by atoms with van der Waals surface area (Å²) >= 11 is 2.97. The molecule has 106 valence electrons. The Morgan fingerprint density at radius 1 is 0.850 bits per heavy atom. The first-order valence-corrected chi connectivity index (χ1v) is 6.55. The predicted octanol–water partition coefficient (Wildman–Crippen LogP) is 4.30. The van der Waals surface area contributed by atoms with Crippen molar-refractivity contribution in [2.24, 2.45) is 0 Å². The Hall–Kier alpha value is -1.40. The molecule has 2 rings (SSSR count). The van der Waals surface area contributed by atoms with Crippen LogP contribution in [0.3, 0.4) is 0 Å². The maximum atomic E-state index is 13.7. The number of halogens is 5. The van der Waals surface area contributed by atoms with E-state index in [4.69, 9.17) is 0 Å². The fraction of sp³-hybridized carbons (Fsp3) is 0.143. The lowest BCUT2D eigenvalue weighted by molar-refractivity contribution is 0.504. The van der Waals surface area contributed by atoms with Gasteiger partial charge in [-0.05, 0) is 45.8 Å². The molecule has 0 aliphatic carbocycles. The normalized spacial score (nSPS) is 10.8. The number of nitrogens with one attached hydrogen (secondary N) is 1. The van der Waals surface area contributed by atoms with E-state index in [0.29, 0.717) is 5.56 Å². The number of hydrogen-bond donors (Lipinski definition) is 1. The average Bonchev–Trinajstić information content (AvgIpc) is 2.42. The van der Waals surface area contributed by atoms with Crippen molar-refractivity contribution in [2.75, 3.05) is 0 Å². The molecular formula is C14H10BrF4N. The van der Waals surface area contributed by atoms with Gasteiger partial charge in [0.15, 0.2) is 11.6 Å². The van der Waals surface area contributed by atoms with Gasteiger partial charge in [-0.2, -0.15) is 0 Å². The molecule has 0 saturated carbocycles. The molecule has 0 spiro atoms. The summed E-state index contributed by atoms with van der Waals surface area (Å²) in [6, 6.07) is 5.88. The van der Waals surface area contributed by atoms with Crippen LogP contribution in [-0.2, 0) is 13.1 Å². The molecule has 0 atom stereocenters. The highest BCUT2D eigenvalue weighted by atomic mass is 79.9. The van der Waals surface area contributed by atoms with Crippen LogP contribution in [0, 0.1) is 23.3 Å². The largest absolute Gasteiger partial charge is 0.308 e. The molecule has 1 nitrogen and oxygen atoms in total. The smallest absolute Gasteiger partial charge is 0.159 e. The molecule has 20 heavy (non-hydrogen) atoms. The summed E-state index contributed by atoms with van der Waals surface area (Å²) in [6.07, 6.45) is 0. The van der Waals surface area contributed by atoms with Crippen LogP contribution in [0.5, 0.6) is 0 Å². The van der Waals surface area contributed by atoms with E-state index in [1.54, 1.807) is 0 Å². The third-order valence-electron chi connectivity index (χ3n) is 2.75. The summed E-state index contributed by atoms with van der Waals surface area (Å²) in [5.41, 5.74) is 0.377. The van der Waals surface area contributed by atoms with Crippen molar-refractivity contribution < 1.29 is 17.6 Å². The van der Waals surface area contributed by atoms with Gasteiger partial charge in [-0.25, -0.2) is 17.6 Å². The molecule has 0 aliphatic heterocycles. The molecule has 0 fully saturated rings. The van der Waals surface area contributed by atoms with Crippen molar-refractivity contribution in [1.82, 2.24) is 5.32 Å². The molecule has 2 aromatic rings. The summed E-state index contributed by atoms with van der Waals surface area (Å²) < 4.78 is 53.0. The minimum Gasteiger partial charge on any atom is -0.308 e. The molecule has 0 unspecified atom stereocenters. The van der Waals surface area contributed by atoms with Crippen molar-refractivity contribution in [2.45, 2.75) is 13.1 Å². The van der Waals surface area contributed by atoms with Crippen molar-refractivity contribution >= 4 is 15.9 Å². The van der Waals surface area contributed by atoms with Gasteiger partial charge in [0.1, 0.15) is 11.6 Å². The predicted molar refractivity (Wildman–Crippen MR) is 71.0 cm³/mol. The first kappa shape index (κ1) is 15.0. The van der Waals surface area contributed by atoms with Gasteiger partial charge in [0.2, 0.25) is 0 Å². The molecule has 0 aliphatic rings. The summed E-state index contributed by atoms with van der Waals surface area (Å²) in [6.45, 7) is 0.110. The molecule has 0 heterocycles. The van der Waals surface area contributed by atoms with E-state index >= 15 is 0 Å². The summed E-state index contributed by atoms with van der Waals surface area (Å²) in [7, 11) is 0. The summed E-state index contributed by atoms with van der Waals surface area (Å²) in [5.74, 6) is -3.23. The van der Waals surface area contributed by atoms with Crippen molar-refractivity contribution in [1.29, 1.82) is 0 Å². The Kier molecular flexibility index (Phi) is 4.77. The first-order valence-electron chi connectivity index (χ1n) is 5.76. The number of benzene rings is 2. The van der Waals surface area contributed by atoms with Crippen LogP contribution < -0.4 is 5.32 Å². The average molecular weight is 348 g/mol. The second kappa shape index (κ2) is 6.37. The minimum atomic E-state index is -0.955. The lowest BCUT2D eigenvalue weighted by atomic mass is 10.1. The van der Waals surface area contributed by atoms with Gasteiger partial charge in [0.05, 0.1) is 4.47 Å². The van der Waals surface area contributed by atoms with Crippen molar-refractivity contribution in [3.63, 3.8) is 0 Å². The van der Waals surface area contributed by atoms with Gasteiger partial charge in [0, 0.05) is 18.7 Å². The molecule has 0 aromatic heterocycles. The minimum absolute atomic E-state index is 0.0594. The Balaban J connectivity index is 2.03. The molecule has 1 N–H and O–H groups in total. The maximum Gasteiger partial charge on any atom is 0.159 e. The summed E-state index contributed by atoms with van der Waals surface area (Å²) in [4.78, 5) is 0. The van der Waals surface area contributed by atoms with Crippen LogP contribution in [0.1, 0.15) is 11.1 Å². The Morgan fingerprint density at radius 2 is 1.55 bits per heavy atom. The highest BCUT2D eigenvalue weighted by Crippen LogP contribution is 2.21. The van der Waals surface area contributed by atoms with Crippen LogP contribution in [0.25, 0.3) is 0 Å². The zero-order valence-corrected chi connectivity index (χ0v) is 11.8. The molecule has 0 radical (unpaired) electrons. The SMILES string of the molecule is Fc1ccc(CNCc2c(F)ccc(Br)c2F)cc1F. The van der Waals surface area contributed by atoms with E-state index in [1.165, 1.54) is 12.1 Å². The van der Waals surface area contributed by atoms with Crippen molar-refractivity contribution in [3.8, 4) is 0 Å². The molecule has 0 saturated heterocycles. The molecule has 0 amide bonds. The Labute approximate surface area is 121 Å². The van der Waals surface area contributed by atoms with Gasteiger partial charge in [-0.1, -0.05) is 6.07 Å². The van der Waals surface area contributed by atoms with Crippen LogP contribution in [0.2, 0.25) is 0 Å². The van der Waals surface area contributed by atoms with Crippen LogP contribution in [0.4, 0.5) is 17.6 Å². The second-order valence-corrected chi connectivity index (χ2v) is 5.03. The van der Waals surface area contributed by atoms with E-state index in [2.05, 4.69) is 21.2 Å². The molecule has 0 bridgehead atoms. The standard InChI is InChI=1S/C14H10BrF4N/c15-10-2-4-11(16)9(14(10)19)7-20-6-8-1-3-12(17)13(18)5-8/h1-5,20H,6-7H2. The monoisotopic (exact) mass is 347 g/mol. The number of hydrogen-bond acceptors (Lipinski definition) is 1. The fourth-order valence-electron chi connectivity index (χ4n) is 1.71. The van der Waals surface area contributed by atoms with E-state index in [0.717, 1.165) is 18.2 Å². The van der Waals surface area contributed by atoms with Gasteiger partial charge >= 0.3 is 0 Å². The highest BCUT2D eigenvalue weighted by molar-refractivity contribution is 9.10. The Bertz CT molecular complexity index is 631. The zero-order valence-electron chi connectivity index (χ0n) is 10.2. The van der Waals surface area contributed by atoms with E-state index < -0.39 is 23.3 Å². The van der Waals surface area contributed by atoms with E-state index in [1.807, 2.05) is 0 Å². The van der Waals surface area contributed by atoms with E-state index in [9.17, 15) is 17.6 Å². The zero-order chi connectivity index (χ0) is 14.7. The third kappa shape index (κ3) is 3.37. The van der Waals surface area contributed by atoms with Crippen molar-refractivity contribution in [3.05, 3.63) is 69.2 Å².